The zero-order valence-electron chi connectivity index (χ0n) is 13.8. The first-order chi connectivity index (χ1) is 10.3. The van der Waals surface area contributed by atoms with E-state index in [0.29, 0.717) is 6.04 Å². The lowest BCUT2D eigenvalue weighted by Crippen LogP contribution is -2.43. The highest BCUT2D eigenvalue weighted by molar-refractivity contribution is 5.30. The van der Waals surface area contributed by atoms with Crippen molar-refractivity contribution in [1.82, 2.24) is 10.2 Å². The molecule has 2 atom stereocenters. The van der Waals surface area contributed by atoms with Crippen molar-refractivity contribution < 1.29 is 4.74 Å². The smallest absolute Gasteiger partial charge is 0.119 e. The normalized spacial score (nSPS) is 21.2. The van der Waals surface area contributed by atoms with Gasteiger partial charge < -0.3 is 10.1 Å². The molecule has 0 saturated carbocycles. The summed E-state index contributed by atoms with van der Waals surface area (Å²) < 4.78 is 5.36. The monoisotopic (exact) mass is 290 g/mol. The predicted octanol–water partition coefficient (Wildman–Crippen LogP) is 3.61. The lowest BCUT2D eigenvalue weighted by Gasteiger charge is -2.38. The molecule has 0 aromatic heterocycles. The lowest BCUT2D eigenvalue weighted by atomic mass is 9.96. The van der Waals surface area contributed by atoms with E-state index in [2.05, 4.69) is 42.4 Å². The van der Waals surface area contributed by atoms with E-state index in [9.17, 15) is 0 Å². The zero-order chi connectivity index (χ0) is 15.1. The molecule has 3 heteroatoms. The van der Waals surface area contributed by atoms with Crippen LogP contribution < -0.4 is 10.1 Å². The summed E-state index contributed by atoms with van der Waals surface area (Å²) in [5.74, 6) is 0.941. The Hall–Kier alpha value is -1.06. The van der Waals surface area contributed by atoms with Crippen molar-refractivity contribution in [1.29, 1.82) is 0 Å². The molecular weight excluding hydrogens is 260 g/mol. The lowest BCUT2D eigenvalue weighted by molar-refractivity contribution is 0.126. The second kappa shape index (κ2) is 8.40. The number of piperidine rings is 1. The molecule has 2 unspecified atom stereocenters. The maximum Gasteiger partial charge on any atom is 0.119 e. The Bertz CT molecular complexity index is 419. The van der Waals surface area contributed by atoms with Crippen molar-refractivity contribution in [3.8, 4) is 5.75 Å². The molecule has 0 spiro atoms. The molecule has 1 heterocycles. The first-order valence-corrected chi connectivity index (χ1v) is 8.33. The van der Waals surface area contributed by atoms with Crippen LogP contribution in [0.3, 0.4) is 0 Å². The topological polar surface area (TPSA) is 24.5 Å². The van der Waals surface area contributed by atoms with Crippen LogP contribution in [0.25, 0.3) is 0 Å². The van der Waals surface area contributed by atoms with Gasteiger partial charge in [-0.25, -0.2) is 0 Å². The minimum absolute atomic E-state index is 0.373. The number of benzene rings is 1. The molecule has 2 rings (SSSR count). The van der Waals surface area contributed by atoms with Gasteiger partial charge in [0, 0.05) is 18.6 Å². The van der Waals surface area contributed by atoms with Crippen molar-refractivity contribution in [2.75, 3.05) is 27.2 Å². The van der Waals surface area contributed by atoms with Crippen molar-refractivity contribution in [2.45, 2.75) is 51.1 Å². The summed E-state index contributed by atoms with van der Waals surface area (Å²) in [5.41, 5.74) is 1.32. The SMILES string of the molecule is CCCC1CCCCN1CC(NC)c1cccc(OC)c1. The van der Waals surface area contributed by atoms with Crippen LogP contribution in [0, 0.1) is 0 Å². The van der Waals surface area contributed by atoms with Gasteiger partial charge in [0.05, 0.1) is 7.11 Å². The molecule has 1 N–H and O–H groups in total. The van der Waals surface area contributed by atoms with E-state index in [1.54, 1.807) is 7.11 Å². The Kier molecular flexibility index (Phi) is 6.52. The molecule has 0 bridgehead atoms. The fourth-order valence-corrected chi connectivity index (χ4v) is 3.42. The van der Waals surface area contributed by atoms with Crippen LogP contribution in [-0.2, 0) is 0 Å². The zero-order valence-corrected chi connectivity index (χ0v) is 13.8. The van der Waals surface area contributed by atoms with Crippen LogP contribution in [0.4, 0.5) is 0 Å². The van der Waals surface area contributed by atoms with Gasteiger partial charge in [-0.1, -0.05) is 31.9 Å². The van der Waals surface area contributed by atoms with E-state index in [0.717, 1.165) is 18.3 Å². The summed E-state index contributed by atoms with van der Waals surface area (Å²) in [5, 5.41) is 3.48. The highest BCUT2D eigenvalue weighted by Gasteiger charge is 2.24. The molecule has 3 nitrogen and oxygen atoms in total. The average molecular weight is 290 g/mol. The maximum absolute atomic E-state index is 5.36. The summed E-state index contributed by atoms with van der Waals surface area (Å²) in [6, 6.07) is 9.58. The first-order valence-electron chi connectivity index (χ1n) is 8.33. The van der Waals surface area contributed by atoms with Gasteiger partial charge in [-0.2, -0.15) is 0 Å². The van der Waals surface area contributed by atoms with Gasteiger partial charge in [-0.3, -0.25) is 4.90 Å². The van der Waals surface area contributed by atoms with Crippen molar-refractivity contribution in [2.24, 2.45) is 0 Å². The van der Waals surface area contributed by atoms with E-state index >= 15 is 0 Å². The Labute approximate surface area is 129 Å². The molecule has 1 fully saturated rings. The highest BCUT2D eigenvalue weighted by Crippen LogP contribution is 2.25. The average Bonchev–Trinajstić information content (AvgIpc) is 2.54. The minimum atomic E-state index is 0.373. The first kappa shape index (κ1) is 16.3. The molecule has 1 saturated heterocycles. The van der Waals surface area contributed by atoms with Gasteiger partial charge in [0.25, 0.3) is 0 Å². The Morgan fingerprint density at radius 3 is 2.95 bits per heavy atom. The summed E-state index contributed by atoms with van der Waals surface area (Å²) >= 11 is 0. The van der Waals surface area contributed by atoms with Gasteiger partial charge in [0.15, 0.2) is 0 Å². The van der Waals surface area contributed by atoms with Crippen LogP contribution >= 0.6 is 0 Å². The molecule has 0 amide bonds. The standard InChI is InChI=1S/C18H30N2O/c1-4-8-16-10-5-6-12-20(16)14-18(19-2)15-9-7-11-17(13-15)21-3/h7,9,11,13,16,18-19H,4-6,8,10,12,14H2,1-3H3. The number of nitrogens with zero attached hydrogens (tertiary/aromatic N) is 1. The van der Waals surface area contributed by atoms with Gasteiger partial charge >= 0.3 is 0 Å². The Morgan fingerprint density at radius 2 is 2.24 bits per heavy atom. The van der Waals surface area contributed by atoms with E-state index in [-0.39, 0.29) is 0 Å². The van der Waals surface area contributed by atoms with Crippen molar-refractivity contribution in [3.05, 3.63) is 29.8 Å². The summed E-state index contributed by atoms with van der Waals surface area (Å²) in [4.78, 5) is 2.69. The predicted molar refractivity (Wildman–Crippen MR) is 88.9 cm³/mol. The van der Waals surface area contributed by atoms with E-state index in [4.69, 9.17) is 4.74 Å². The highest BCUT2D eigenvalue weighted by atomic mass is 16.5. The number of likely N-dealkylation sites (tertiary alicyclic amines) is 1. The Morgan fingerprint density at radius 1 is 1.38 bits per heavy atom. The molecule has 1 aromatic carbocycles. The van der Waals surface area contributed by atoms with Gasteiger partial charge in [-0.15, -0.1) is 0 Å². The third-order valence-electron chi connectivity index (χ3n) is 4.63. The number of rotatable bonds is 7. The van der Waals surface area contributed by atoms with Crippen LogP contribution in [0.15, 0.2) is 24.3 Å². The summed E-state index contributed by atoms with van der Waals surface area (Å²) in [6.07, 6.45) is 6.71. The van der Waals surface area contributed by atoms with Crippen LogP contribution in [0.2, 0.25) is 0 Å². The number of methoxy groups -OCH3 is 1. The second-order valence-corrected chi connectivity index (χ2v) is 6.05. The second-order valence-electron chi connectivity index (χ2n) is 6.05. The Balaban J connectivity index is 2.06. The van der Waals surface area contributed by atoms with Crippen LogP contribution in [0.5, 0.6) is 5.75 Å². The number of ether oxygens (including phenoxy) is 1. The third-order valence-corrected chi connectivity index (χ3v) is 4.63. The van der Waals surface area contributed by atoms with E-state index < -0.39 is 0 Å². The van der Waals surface area contributed by atoms with Crippen LogP contribution in [0.1, 0.15) is 50.6 Å². The maximum atomic E-state index is 5.36. The molecule has 1 aromatic rings. The number of likely N-dealkylation sites (N-methyl/N-ethyl adjacent to an activating group) is 1. The van der Waals surface area contributed by atoms with Crippen molar-refractivity contribution in [3.63, 3.8) is 0 Å². The van der Waals surface area contributed by atoms with Gasteiger partial charge in [0.1, 0.15) is 5.75 Å². The van der Waals surface area contributed by atoms with Gasteiger partial charge in [-0.05, 0) is 50.6 Å². The summed E-state index contributed by atoms with van der Waals surface area (Å²) in [7, 11) is 3.79. The van der Waals surface area contributed by atoms with E-state index in [1.807, 2.05) is 6.07 Å². The fraction of sp³-hybridized carbons (Fsp3) is 0.667. The summed E-state index contributed by atoms with van der Waals surface area (Å²) in [6.45, 7) is 4.63. The largest absolute Gasteiger partial charge is 0.497 e. The quantitative estimate of drug-likeness (QED) is 0.830. The van der Waals surface area contributed by atoms with E-state index in [1.165, 1.54) is 44.2 Å². The van der Waals surface area contributed by atoms with Crippen LogP contribution in [-0.4, -0.2) is 38.2 Å². The number of nitrogens with one attached hydrogen (secondary N) is 1. The minimum Gasteiger partial charge on any atom is -0.497 e. The number of hydrogen-bond donors (Lipinski definition) is 1. The molecule has 1 aliphatic rings. The van der Waals surface area contributed by atoms with Crippen molar-refractivity contribution >= 4 is 0 Å². The number of hydrogen-bond acceptors (Lipinski definition) is 3. The third kappa shape index (κ3) is 4.45. The molecule has 1 aliphatic heterocycles. The van der Waals surface area contributed by atoms with Gasteiger partial charge in [0.2, 0.25) is 0 Å². The molecule has 0 aliphatic carbocycles. The molecule has 118 valence electrons. The fourth-order valence-electron chi connectivity index (χ4n) is 3.42. The molecule has 21 heavy (non-hydrogen) atoms. The molecule has 0 radical (unpaired) electrons. The molecular formula is C18H30N2O.